The molecule has 0 radical (unpaired) electrons. The fourth-order valence-corrected chi connectivity index (χ4v) is 3.04. The minimum Gasteiger partial charge on any atom is -0.438 e. The number of nitrogens with zero attached hydrogens (tertiary/aromatic N) is 2. The molecule has 0 amide bonds. The van der Waals surface area contributed by atoms with Crippen LogP contribution in [-0.2, 0) is 0 Å². The van der Waals surface area contributed by atoms with Crippen molar-refractivity contribution in [3.05, 3.63) is 40.8 Å². The number of anilines is 1. The second kappa shape index (κ2) is 5.33. The van der Waals surface area contributed by atoms with Crippen molar-refractivity contribution >= 4 is 27.5 Å². The Morgan fingerprint density at radius 1 is 1.19 bits per heavy atom. The van der Waals surface area contributed by atoms with E-state index in [-0.39, 0.29) is 5.95 Å². The van der Waals surface area contributed by atoms with Gasteiger partial charge in [0.15, 0.2) is 0 Å². The Labute approximate surface area is 127 Å². The maximum absolute atomic E-state index is 5.95. The molecule has 2 heterocycles. The molecule has 0 fully saturated rings. The van der Waals surface area contributed by atoms with Crippen LogP contribution in [0.1, 0.15) is 30.2 Å². The number of ether oxygens (including phenoxy) is 1. The molecule has 0 unspecified atom stereocenters. The van der Waals surface area contributed by atoms with E-state index in [1.54, 1.807) is 11.3 Å². The molecule has 5 heteroatoms. The molecule has 0 saturated carbocycles. The average molecular weight is 299 g/mol. The zero-order valence-corrected chi connectivity index (χ0v) is 13.1. The van der Waals surface area contributed by atoms with Crippen molar-refractivity contribution in [2.75, 3.05) is 5.73 Å². The Morgan fingerprint density at radius 2 is 2.00 bits per heavy atom. The van der Waals surface area contributed by atoms with Gasteiger partial charge < -0.3 is 10.5 Å². The number of fused-ring (bicyclic) bond motifs is 1. The second-order valence-corrected chi connectivity index (χ2v) is 6.53. The quantitative estimate of drug-likeness (QED) is 0.773. The molecule has 108 valence electrons. The van der Waals surface area contributed by atoms with Crippen LogP contribution in [0.25, 0.3) is 10.2 Å². The molecule has 0 aliphatic rings. The number of nitrogen functional groups attached to an aromatic ring is 1. The minimum atomic E-state index is 0.236. The number of benzene rings is 1. The third-order valence-electron chi connectivity index (χ3n) is 3.24. The molecule has 3 rings (SSSR count). The highest BCUT2D eigenvalue weighted by atomic mass is 32.1. The SMILES string of the molecule is Cc1cc2c(Oc3cccc(C(C)C)c3)nc(N)nc2s1. The molecule has 2 N–H and O–H groups in total. The van der Waals surface area contributed by atoms with Gasteiger partial charge in [0.1, 0.15) is 10.6 Å². The van der Waals surface area contributed by atoms with Gasteiger partial charge in [0.05, 0.1) is 5.39 Å². The van der Waals surface area contributed by atoms with E-state index in [2.05, 4.69) is 29.9 Å². The summed E-state index contributed by atoms with van der Waals surface area (Å²) >= 11 is 1.59. The van der Waals surface area contributed by atoms with E-state index < -0.39 is 0 Å². The summed E-state index contributed by atoms with van der Waals surface area (Å²) in [5.74, 6) is 1.97. The van der Waals surface area contributed by atoms with Gasteiger partial charge in [-0.3, -0.25) is 0 Å². The Bertz CT molecular complexity index is 795. The topological polar surface area (TPSA) is 61.0 Å². The van der Waals surface area contributed by atoms with Crippen LogP contribution >= 0.6 is 11.3 Å². The third-order valence-corrected chi connectivity index (χ3v) is 4.18. The predicted octanol–water partition coefficient (Wildman–Crippen LogP) is 4.50. The molecule has 0 aliphatic carbocycles. The van der Waals surface area contributed by atoms with Gasteiger partial charge in [-0.05, 0) is 36.6 Å². The van der Waals surface area contributed by atoms with Crippen molar-refractivity contribution in [2.45, 2.75) is 26.7 Å². The fraction of sp³-hybridized carbons (Fsp3) is 0.250. The van der Waals surface area contributed by atoms with Crippen LogP contribution in [0, 0.1) is 6.92 Å². The maximum Gasteiger partial charge on any atom is 0.232 e. The van der Waals surface area contributed by atoms with Crippen molar-refractivity contribution in [1.29, 1.82) is 0 Å². The van der Waals surface area contributed by atoms with Gasteiger partial charge in [-0.1, -0.05) is 26.0 Å². The van der Waals surface area contributed by atoms with Gasteiger partial charge in [-0.2, -0.15) is 4.98 Å². The lowest BCUT2D eigenvalue weighted by Crippen LogP contribution is -1.97. The first-order valence-corrected chi connectivity index (χ1v) is 7.66. The molecular formula is C16H17N3OS. The standard InChI is InChI=1S/C16H17N3OS/c1-9(2)11-5-4-6-12(8-11)20-14-13-7-10(3)21-15(13)19-16(17)18-14/h4-9H,1-3H3,(H2,17,18,19). The number of aromatic nitrogens is 2. The summed E-state index contributed by atoms with van der Waals surface area (Å²) in [6.07, 6.45) is 0. The van der Waals surface area contributed by atoms with Crippen LogP contribution in [0.2, 0.25) is 0 Å². The number of hydrogen-bond acceptors (Lipinski definition) is 5. The number of rotatable bonds is 3. The Kier molecular flexibility index (Phi) is 3.51. The lowest BCUT2D eigenvalue weighted by atomic mass is 10.0. The van der Waals surface area contributed by atoms with Gasteiger partial charge in [0.2, 0.25) is 11.8 Å². The molecule has 0 atom stereocenters. The molecule has 0 spiro atoms. The second-order valence-electron chi connectivity index (χ2n) is 5.29. The van der Waals surface area contributed by atoms with Gasteiger partial charge in [0, 0.05) is 4.88 Å². The average Bonchev–Trinajstić information content (AvgIpc) is 2.79. The fourth-order valence-electron chi connectivity index (χ4n) is 2.16. The van der Waals surface area contributed by atoms with E-state index in [9.17, 15) is 0 Å². The molecule has 0 saturated heterocycles. The van der Waals surface area contributed by atoms with Crippen molar-refractivity contribution in [3.8, 4) is 11.6 Å². The normalized spacial score (nSPS) is 11.2. The highest BCUT2D eigenvalue weighted by Crippen LogP contribution is 2.33. The van der Waals surface area contributed by atoms with Crippen LogP contribution in [0.15, 0.2) is 30.3 Å². The van der Waals surface area contributed by atoms with Crippen LogP contribution in [0.4, 0.5) is 5.95 Å². The van der Waals surface area contributed by atoms with E-state index in [0.29, 0.717) is 11.8 Å². The molecule has 1 aromatic carbocycles. The monoisotopic (exact) mass is 299 g/mol. The van der Waals surface area contributed by atoms with Crippen LogP contribution < -0.4 is 10.5 Å². The van der Waals surface area contributed by atoms with Crippen LogP contribution in [0.5, 0.6) is 11.6 Å². The summed E-state index contributed by atoms with van der Waals surface area (Å²) < 4.78 is 5.95. The molecule has 4 nitrogen and oxygen atoms in total. The summed E-state index contributed by atoms with van der Waals surface area (Å²) in [6.45, 7) is 6.34. The highest BCUT2D eigenvalue weighted by Gasteiger charge is 2.12. The van der Waals surface area contributed by atoms with E-state index in [4.69, 9.17) is 10.5 Å². The summed E-state index contributed by atoms with van der Waals surface area (Å²) in [7, 11) is 0. The molecular weight excluding hydrogens is 282 g/mol. The first-order chi connectivity index (χ1) is 10.0. The van der Waals surface area contributed by atoms with Crippen molar-refractivity contribution < 1.29 is 4.74 Å². The lowest BCUT2D eigenvalue weighted by molar-refractivity contribution is 0.468. The van der Waals surface area contributed by atoms with Crippen LogP contribution in [0.3, 0.4) is 0 Å². The Hall–Kier alpha value is -2.14. The van der Waals surface area contributed by atoms with Gasteiger partial charge in [-0.15, -0.1) is 11.3 Å². The van der Waals surface area contributed by atoms with Crippen molar-refractivity contribution in [2.24, 2.45) is 0 Å². The van der Waals surface area contributed by atoms with Crippen LogP contribution in [-0.4, -0.2) is 9.97 Å². The number of aryl methyl sites for hydroxylation is 1. The van der Waals surface area contributed by atoms with E-state index in [0.717, 1.165) is 20.8 Å². The van der Waals surface area contributed by atoms with E-state index in [1.165, 1.54) is 5.56 Å². The smallest absolute Gasteiger partial charge is 0.232 e. The van der Waals surface area contributed by atoms with Crippen molar-refractivity contribution in [3.63, 3.8) is 0 Å². The number of nitrogens with two attached hydrogens (primary N) is 1. The molecule has 21 heavy (non-hydrogen) atoms. The zero-order valence-electron chi connectivity index (χ0n) is 12.3. The first kappa shape index (κ1) is 13.8. The highest BCUT2D eigenvalue weighted by molar-refractivity contribution is 7.18. The third kappa shape index (κ3) is 2.83. The number of hydrogen-bond donors (Lipinski definition) is 1. The molecule has 3 aromatic rings. The largest absolute Gasteiger partial charge is 0.438 e. The Morgan fingerprint density at radius 3 is 2.76 bits per heavy atom. The summed E-state index contributed by atoms with van der Waals surface area (Å²) in [4.78, 5) is 10.5. The van der Waals surface area contributed by atoms with Gasteiger partial charge >= 0.3 is 0 Å². The minimum absolute atomic E-state index is 0.236. The summed E-state index contributed by atoms with van der Waals surface area (Å²) in [5, 5.41) is 0.904. The first-order valence-electron chi connectivity index (χ1n) is 6.84. The zero-order chi connectivity index (χ0) is 15.0. The van der Waals surface area contributed by atoms with Gasteiger partial charge in [-0.25, -0.2) is 4.98 Å². The molecule has 0 bridgehead atoms. The predicted molar refractivity (Wildman–Crippen MR) is 87.2 cm³/mol. The van der Waals surface area contributed by atoms with Gasteiger partial charge in [0.25, 0.3) is 0 Å². The number of thiophene rings is 1. The summed E-state index contributed by atoms with van der Waals surface area (Å²) in [5.41, 5.74) is 7.00. The van der Waals surface area contributed by atoms with E-state index in [1.807, 2.05) is 31.2 Å². The molecule has 0 aliphatic heterocycles. The van der Waals surface area contributed by atoms with E-state index >= 15 is 0 Å². The Balaban J connectivity index is 2.03. The summed E-state index contributed by atoms with van der Waals surface area (Å²) in [6, 6.07) is 10.1. The lowest BCUT2D eigenvalue weighted by Gasteiger charge is -2.10. The molecule has 2 aromatic heterocycles. The van der Waals surface area contributed by atoms with Crippen molar-refractivity contribution in [1.82, 2.24) is 9.97 Å². The maximum atomic E-state index is 5.95.